The third kappa shape index (κ3) is 11.6. The van der Waals surface area contributed by atoms with E-state index in [9.17, 15) is 9.59 Å². The molecule has 4 heteroatoms. The molecule has 0 aromatic carbocycles. The molecule has 1 rings (SSSR count). The fourth-order valence-corrected chi connectivity index (χ4v) is 4.28. The molecule has 1 aliphatic carbocycles. The lowest BCUT2D eigenvalue weighted by atomic mass is 9.82. The van der Waals surface area contributed by atoms with Crippen molar-refractivity contribution in [3.63, 3.8) is 0 Å². The van der Waals surface area contributed by atoms with Crippen molar-refractivity contribution in [1.29, 1.82) is 0 Å². The third-order valence-corrected chi connectivity index (χ3v) is 6.26. The highest BCUT2D eigenvalue weighted by atomic mass is 16.5. The van der Waals surface area contributed by atoms with Crippen LogP contribution in [-0.4, -0.2) is 25.2 Å². The van der Waals surface area contributed by atoms with E-state index >= 15 is 0 Å². The van der Waals surface area contributed by atoms with Crippen LogP contribution in [0.3, 0.4) is 0 Å². The van der Waals surface area contributed by atoms with Gasteiger partial charge in [0, 0.05) is 0 Å². The molecule has 0 saturated heterocycles. The summed E-state index contributed by atoms with van der Waals surface area (Å²) in [6.45, 7) is 7.72. The van der Waals surface area contributed by atoms with Crippen LogP contribution < -0.4 is 0 Å². The number of rotatable bonds is 16. The van der Waals surface area contributed by atoms with E-state index in [1.54, 1.807) is 0 Å². The third-order valence-electron chi connectivity index (χ3n) is 6.26. The highest BCUT2D eigenvalue weighted by molar-refractivity contribution is 5.75. The number of carbonyl (C=O) groups is 2. The molecule has 0 aromatic heterocycles. The van der Waals surface area contributed by atoms with E-state index < -0.39 is 0 Å². The molecule has 0 N–H and O–H groups in total. The van der Waals surface area contributed by atoms with E-state index in [0.29, 0.717) is 19.1 Å². The Morgan fingerprint density at radius 2 is 1.24 bits per heavy atom. The first-order valence-electron chi connectivity index (χ1n) is 12.5. The number of carbonyl (C=O) groups excluding carboxylic acids is 2. The fraction of sp³-hybridized carbons (Fsp3) is 0.920. The van der Waals surface area contributed by atoms with Gasteiger partial charge in [0.15, 0.2) is 0 Å². The van der Waals surface area contributed by atoms with Gasteiger partial charge in [-0.3, -0.25) is 9.59 Å². The predicted molar refractivity (Wildman–Crippen MR) is 119 cm³/mol. The Hall–Kier alpha value is -1.06. The summed E-state index contributed by atoms with van der Waals surface area (Å²) < 4.78 is 11.1. The average Bonchev–Trinajstić information content (AvgIpc) is 2.74. The monoisotopic (exact) mass is 410 g/mol. The van der Waals surface area contributed by atoms with E-state index in [4.69, 9.17) is 9.47 Å². The molecule has 1 unspecified atom stereocenters. The van der Waals surface area contributed by atoms with Crippen LogP contribution in [0.15, 0.2) is 0 Å². The van der Waals surface area contributed by atoms with Crippen molar-refractivity contribution in [1.82, 2.24) is 0 Å². The summed E-state index contributed by atoms with van der Waals surface area (Å²) in [5, 5.41) is 0. The first-order valence-corrected chi connectivity index (χ1v) is 12.5. The summed E-state index contributed by atoms with van der Waals surface area (Å²) in [4.78, 5) is 24.7. The second-order valence-corrected chi connectivity index (χ2v) is 8.91. The molecule has 0 aliphatic heterocycles. The lowest BCUT2D eigenvalue weighted by molar-refractivity contribution is -0.156. The first-order chi connectivity index (χ1) is 14.1. The van der Waals surface area contributed by atoms with Gasteiger partial charge in [0.2, 0.25) is 0 Å². The molecule has 0 amide bonds. The van der Waals surface area contributed by atoms with Crippen LogP contribution in [0.4, 0.5) is 0 Å². The van der Waals surface area contributed by atoms with Crippen LogP contribution >= 0.6 is 0 Å². The minimum absolute atomic E-state index is 0.0309. The lowest BCUT2D eigenvalue weighted by Crippen LogP contribution is -2.29. The number of ether oxygens (including phenoxy) is 2. The van der Waals surface area contributed by atoms with Crippen LogP contribution in [0.1, 0.15) is 117 Å². The van der Waals surface area contributed by atoms with Crippen molar-refractivity contribution in [3.05, 3.63) is 0 Å². The van der Waals surface area contributed by atoms with Crippen molar-refractivity contribution >= 4 is 11.9 Å². The summed E-state index contributed by atoms with van der Waals surface area (Å²) in [5.74, 6) is 0.317. The maximum absolute atomic E-state index is 12.5. The van der Waals surface area contributed by atoms with Crippen LogP contribution in [0.2, 0.25) is 0 Å². The second kappa shape index (κ2) is 16.7. The zero-order valence-corrected chi connectivity index (χ0v) is 19.4. The Morgan fingerprint density at radius 1 is 0.690 bits per heavy atom. The number of hydrogen-bond acceptors (Lipinski definition) is 4. The van der Waals surface area contributed by atoms with E-state index in [1.165, 1.54) is 38.5 Å². The zero-order chi connectivity index (χ0) is 21.3. The van der Waals surface area contributed by atoms with Crippen molar-refractivity contribution in [2.45, 2.75) is 117 Å². The smallest absolute Gasteiger partial charge is 0.308 e. The predicted octanol–water partition coefficient (Wildman–Crippen LogP) is 6.85. The largest absolute Gasteiger partial charge is 0.465 e. The van der Waals surface area contributed by atoms with Crippen molar-refractivity contribution in [3.8, 4) is 0 Å². The highest BCUT2D eigenvalue weighted by Crippen LogP contribution is 2.31. The Morgan fingerprint density at radius 3 is 1.83 bits per heavy atom. The number of unbranched alkanes of at least 4 members (excludes halogenated alkanes) is 6. The second-order valence-electron chi connectivity index (χ2n) is 8.91. The number of hydrogen-bond donors (Lipinski definition) is 0. The summed E-state index contributed by atoms with van der Waals surface area (Å²) in [6.07, 6.45) is 16.0. The topological polar surface area (TPSA) is 52.6 Å². The maximum Gasteiger partial charge on any atom is 0.308 e. The van der Waals surface area contributed by atoms with Gasteiger partial charge in [-0.05, 0) is 50.9 Å². The summed E-state index contributed by atoms with van der Waals surface area (Å²) in [6, 6.07) is 0. The Balaban J connectivity index is 2.21. The van der Waals surface area contributed by atoms with Gasteiger partial charge in [-0.1, -0.05) is 72.1 Å². The average molecular weight is 411 g/mol. The summed E-state index contributed by atoms with van der Waals surface area (Å²) in [7, 11) is 0. The minimum atomic E-state index is -0.0637. The fourth-order valence-electron chi connectivity index (χ4n) is 4.28. The molecule has 1 fully saturated rings. The van der Waals surface area contributed by atoms with E-state index in [-0.39, 0.29) is 23.8 Å². The molecule has 0 heterocycles. The molecule has 0 spiro atoms. The normalized spacial score (nSPS) is 20.2. The van der Waals surface area contributed by atoms with Crippen molar-refractivity contribution < 1.29 is 19.1 Å². The van der Waals surface area contributed by atoms with Crippen molar-refractivity contribution in [2.24, 2.45) is 17.8 Å². The Kier molecular flexibility index (Phi) is 15.0. The molecular formula is C25H46O4. The molecular weight excluding hydrogens is 364 g/mol. The van der Waals surface area contributed by atoms with Gasteiger partial charge < -0.3 is 9.47 Å². The minimum Gasteiger partial charge on any atom is -0.465 e. The standard InChI is InChI=1S/C25H46O4/c1-4-7-9-10-12-19-28-24(26)22-15-17-23(18-16-22)25(27)29-20-21(13-6-3)14-11-8-5-2/h21-23H,4-20H2,1-3H3. The van der Waals surface area contributed by atoms with Crippen LogP contribution in [-0.2, 0) is 19.1 Å². The lowest BCUT2D eigenvalue weighted by Gasteiger charge is -2.26. The maximum atomic E-state index is 12.5. The van der Waals surface area contributed by atoms with Gasteiger partial charge in [-0.25, -0.2) is 0 Å². The van der Waals surface area contributed by atoms with Gasteiger partial charge in [-0.15, -0.1) is 0 Å². The Labute approximate surface area is 179 Å². The summed E-state index contributed by atoms with van der Waals surface area (Å²) in [5.41, 5.74) is 0. The van der Waals surface area contributed by atoms with Gasteiger partial charge >= 0.3 is 11.9 Å². The van der Waals surface area contributed by atoms with E-state index in [0.717, 1.165) is 57.8 Å². The van der Waals surface area contributed by atoms with Gasteiger partial charge in [0.05, 0.1) is 25.0 Å². The molecule has 170 valence electrons. The Bertz CT molecular complexity index is 427. The molecule has 1 saturated carbocycles. The molecule has 0 bridgehead atoms. The molecule has 4 nitrogen and oxygen atoms in total. The molecule has 29 heavy (non-hydrogen) atoms. The van der Waals surface area contributed by atoms with Gasteiger partial charge in [0.25, 0.3) is 0 Å². The highest BCUT2D eigenvalue weighted by Gasteiger charge is 2.31. The number of esters is 2. The van der Waals surface area contributed by atoms with Crippen molar-refractivity contribution in [2.75, 3.05) is 13.2 Å². The van der Waals surface area contributed by atoms with Crippen LogP contribution in [0, 0.1) is 17.8 Å². The quantitative estimate of drug-likeness (QED) is 0.206. The van der Waals surface area contributed by atoms with E-state index in [2.05, 4.69) is 20.8 Å². The summed E-state index contributed by atoms with van der Waals surface area (Å²) >= 11 is 0. The zero-order valence-electron chi connectivity index (χ0n) is 19.4. The van der Waals surface area contributed by atoms with Gasteiger partial charge in [0.1, 0.15) is 0 Å². The SMILES string of the molecule is CCCCCCCOC(=O)C1CCC(C(=O)OCC(CCC)CCCCC)CC1. The molecule has 1 aliphatic rings. The first kappa shape index (κ1) is 26.0. The van der Waals surface area contributed by atoms with Crippen LogP contribution in [0.5, 0.6) is 0 Å². The molecule has 1 atom stereocenters. The molecule has 0 aromatic rings. The molecule has 0 radical (unpaired) electrons. The van der Waals surface area contributed by atoms with Gasteiger partial charge in [-0.2, -0.15) is 0 Å². The van der Waals surface area contributed by atoms with E-state index in [1.807, 2.05) is 0 Å². The van der Waals surface area contributed by atoms with Crippen LogP contribution in [0.25, 0.3) is 0 Å².